The molecule has 0 aliphatic carbocycles. The average Bonchev–Trinajstić information content (AvgIpc) is 3.51. The zero-order valence-electron chi connectivity index (χ0n) is 54.9. The van der Waals surface area contributed by atoms with Crippen molar-refractivity contribution in [2.45, 2.75) is 328 Å². The van der Waals surface area contributed by atoms with Crippen LogP contribution in [-0.4, -0.2) is 36.4 Å². The second-order valence-electron chi connectivity index (χ2n) is 23.2. The molecule has 5 nitrogen and oxygen atoms in total. The first-order valence-corrected chi connectivity index (χ1v) is 35.4. The number of ether oxygens (including phenoxy) is 2. The molecule has 0 aliphatic heterocycles. The molecule has 0 saturated carbocycles. The topological polar surface area (TPSA) is 72.8 Å². The highest BCUT2D eigenvalue weighted by Crippen LogP contribution is 2.17. The molecule has 0 rings (SSSR count). The minimum absolute atomic E-state index is 0.0692. The minimum Gasteiger partial charge on any atom is -0.462 e. The highest BCUT2D eigenvalue weighted by molar-refractivity contribution is 5.70. The maximum Gasteiger partial charge on any atom is 0.306 e. The number of aliphatic hydroxyl groups is 1. The number of allylic oxidation sites excluding steroid dienone is 24. The van der Waals surface area contributed by atoms with Crippen LogP contribution in [0.15, 0.2) is 146 Å². The predicted molar refractivity (Wildman–Crippen MR) is 371 cm³/mol. The zero-order valence-corrected chi connectivity index (χ0v) is 54.9. The van der Waals surface area contributed by atoms with Crippen molar-refractivity contribution >= 4 is 11.9 Å². The Morgan fingerprint density at radius 3 is 0.714 bits per heavy atom. The monoisotopic (exact) mass is 1160 g/mol. The quantitative estimate of drug-likeness (QED) is 0.0373. The van der Waals surface area contributed by atoms with Crippen molar-refractivity contribution in [2.24, 2.45) is 0 Å². The van der Waals surface area contributed by atoms with E-state index in [2.05, 4.69) is 160 Å². The number of carbonyl (C=O) groups excluding carboxylic acids is 2. The number of carbonyl (C=O) groups is 2. The summed E-state index contributed by atoms with van der Waals surface area (Å²) in [5.41, 5.74) is 0. The summed E-state index contributed by atoms with van der Waals surface area (Å²) in [7, 11) is 0. The van der Waals surface area contributed by atoms with Crippen LogP contribution in [0.4, 0.5) is 0 Å². The van der Waals surface area contributed by atoms with Gasteiger partial charge in [0.15, 0.2) is 6.10 Å². The summed E-state index contributed by atoms with van der Waals surface area (Å²) < 4.78 is 10.8. The maximum atomic E-state index is 12.4. The molecule has 1 N–H and O–H groups in total. The maximum absolute atomic E-state index is 12.4. The van der Waals surface area contributed by atoms with E-state index >= 15 is 0 Å². The molecule has 0 aromatic heterocycles. The number of aliphatic hydroxyl groups excluding tert-OH is 1. The molecule has 0 amide bonds. The lowest BCUT2D eigenvalue weighted by Crippen LogP contribution is -2.28. The Bertz CT molecular complexity index is 1750. The van der Waals surface area contributed by atoms with Crippen molar-refractivity contribution in [2.75, 3.05) is 13.2 Å². The summed E-state index contributed by atoms with van der Waals surface area (Å²) in [5, 5.41) is 9.71. The van der Waals surface area contributed by atoms with Gasteiger partial charge in [0.05, 0.1) is 6.61 Å². The Morgan fingerprint density at radius 1 is 0.274 bits per heavy atom. The van der Waals surface area contributed by atoms with Crippen molar-refractivity contribution in [1.82, 2.24) is 0 Å². The summed E-state index contributed by atoms with van der Waals surface area (Å²) in [6.07, 6.45) is 110. The Hall–Kier alpha value is -4.22. The number of unbranched alkanes of at least 4 members (excludes halogenated alkanes) is 32. The SMILES string of the molecule is CC/C=C\C/C=C\C/C=C\C/C=C\C/C=C\C/C=C\C/C=C\CCCCCCCCCCCCCCCCCC(=O)OC(CO)COC(=O)CCCCCCCCCCCCCCCCCCC/C=C\C/C=C\C/C=C\C/C=C\C/C=C\CC. The van der Waals surface area contributed by atoms with Gasteiger partial charge in [0.25, 0.3) is 0 Å². The first-order valence-electron chi connectivity index (χ1n) is 35.4. The van der Waals surface area contributed by atoms with Gasteiger partial charge < -0.3 is 14.6 Å². The Kier molecular flexibility index (Phi) is 69.4. The molecule has 0 aliphatic rings. The molecule has 0 heterocycles. The Balaban J connectivity index is 3.48. The van der Waals surface area contributed by atoms with E-state index in [0.29, 0.717) is 12.8 Å². The normalized spacial score (nSPS) is 13.1. The molecule has 1 unspecified atom stereocenters. The molecular formula is C79H132O5. The summed E-state index contributed by atoms with van der Waals surface area (Å²) in [6, 6.07) is 0. The molecule has 0 fully saturated rings. The van der Waals surface area contributed by atoms with Gasteiger partial charge in [0.1, 0.15) is 6.61 Å². The highest BCUT2D eigenvalue weighted by atomic mass is 16.6. The molecule has 0 saturated heterocycles. The van der Waals surface area contributed by atoms with Gasteiger partial charge >= 0.3 is 11.9 Å². The number of hydrogen-bond acceptors (Lipinski definition) is 5. The molecule has 0 aromatic carbocycles. The molecular weight excluding hydrogens is 1030 g/mol. The van der Waals surface area contributed by atoms with Crippen LogP contribution >= 0.6 is 0 Å². The molecule has 0 radical (unpaired) electrons. The molecule has 478 valence electrons. The average molecular weight is 1160 g/mol. The van der Waals surface area contributed by atoms with Gasteiger partial charge in [-0.2, -0.15) is 0 Å². The van der Waals surface area contributed by atoms with E-state index in [1.54, 1.807) is 0 Å². The Morgan fingerprint density at radius 2 is 0.476 bits per heavy atom. The van der Waals surface area contributed by atoms with Gasteiger partial charge in [-0.05, 0) is 116 Å². The van der Waals surface area contributed by atoms with E-state index in [0.717, 1.165) is 116 Å². The van der Waals surface area contributed by atoms with Crippen LogP contribution in [0.3, 0.4) is 0 Å². The van der Waals surface area contributed by atoms with Crippen LogP contribution in [-0.2, 0) is 19.1 Å². The second kappa shape index (κ2) is 73.0. The summed E-state index contributed by atoms with van der Waals surface area (Å²) >= 11 is 0. The van der Waals surface area contributed by atoms with E-state index in [9.17, 15) is 14.7 Å². The fraction of sp³-hybridized carbons (Fsp3) is 0.671. The van der Waals surface area contributed by atoms with E-state index in [-0.39, 0.29) is 25.2 Å². The van der Waals surface area contributed by atoms with Gasteiger partial charge in [-0.15, -0.1) is 0 Å². The first kappa shape index (κ1) is 79.8. The highest BCUT2D eigenvalue weighted by Gasteiger charge is 2.16. The lowest BCUT2D eigenvalue weighted by atomic mass is 10.0. The summed E-state index contributed by atoms with van der Waals surface area (Å²) in [5.74, 6) is -0.585. The van der Waals surface area contributed by atoms with Crippen molar-refractivity contribution in [3.05, 3.63) is 146 Å². The number of esters is 2. The van der Waals surface area contributed by atoms with Crippen molar-refractivity contribution in [1.29, 1.82) is 0 Å². The van der Waals surface area contributed by atoms with Crippen LogP contribution in [0, 0.1) is 0 Å². The van der Waals surface area contributed by atoms with Crippen LogP contribution in [0.5, 0.6) is 0 Å². The molecule has 5 heteroatoms. The molecule has 84 heavy (non-hydrogen) atoms. The van der Waals surface area contributed by atoms with Crippen LogP contribution in [0.25, 0.3) is 0 Å². The largest absolute Gasteiger partial charge is 0.462 e. The van der Waals surface area contributed by atoms with Crippen LogP contribution in [0.2, 0.25) is 0 Å². The van der Waals surface area contributed by atoms with E-state index in [1.165, 1.54) is 180 Å². The van der Waals surface area contributed by atoms with Crippen molar-refractivity contribution in [3.8, 4) is 0 Å². The molecule has 0 spiro atoms. The zero-order chi connectivity index (χ0) is 60.5. The van der Waals surface area contributed by atoms with E-state index in [4.69, 9.17) is 9.47 Å². The molecule has 1 atom stereocenters. The van der Waals surface area contributed by atoms with Crippen LogP contribution < -0.4 is 0 Å². The standard InChI is InChI=1S/C79H132O5/c1-3-5-7-9-11-13-15-17-19-21-23-25-27-29-31-33-35-37-38-39-40-42-44-46-48-50-52-54-56-58-60-62-64-66-68-70-72-74-79(82)84-77(75-80)76-83-78(81)73-71-69-67-65-63-61-59-57-55-53-51-49-47-45-43-41-36-34-32-30-28-26-24-22-20-18-16-14-12-10-8-6-4-2/h5-8,11-14,17-20,23-26,29-32,35,37,39-40,77,80H,3-4,9-10,15-16,21-22,27-28,33-34,36,38,41-76H2,1-2H3/b7-5-,8-6-,13-11-,14-12-,19-17-,20-18-,25-23-,26-24-,31-29-,32-30-,37-35-,40-39-. The second-order valence-corrected chi connectivity index (χ2v) is 23.2. The third-order valence-corrected chi connectivity index (χ3v) is 15.1. The fourth-order valence-corrected chi connectivity index (χ4v) is 9.92. The summed E-state index contributed by atoms with van der Waals surface area (Å²) in [4.78, 5) is 24.7. The number of rotatable bonds is 64. The third-order valence-electron chi connectivity index (χ3n) is 15.1. The number of hydrogen-bond donors (Lipinski definition) is 1. The van der Waals surface area contributed by atoms with Crippen molar-refractivity contribution < 1.29 is 24.2 Å². The smallest absolute Gasteiger partial charge is 0.306 e. The molecule has 0 bridgehead atoms. The van der Waals surface area contributed by atoms with E-state index in [1.807, 2.05) is 0 Å². The fourth-order valence-electron chi connectivity index (χ4n) is 9.92. The Labute approximate surface area is 520 Å². The van der Waals surface area contributed by atoms with Crippen molar-refractivity contribution in [3.63, 3.8) is 0 Å². The van der Waals surface area contributed by atoms with Gasteiger partial charge in [-0.3, -0.25) is 9.59 Å². The third kappa shape index (κ3) is 70.3. The summed E-state index contributed by atoms with van der Waals surface area (Å²) in [6.45, 7) is 3.94. The van der Waals surface area contributed by atoms with Gasteiger partial charge in [0, 0.05) is 12.8 Å². The lowest BCUT2D eigenvalue weighted by molar-refractivity contribution is -0.161. The predicted octanol–water partition coefficient (Wildman–Crippen LogP) is 24.9. The molecule has 0 aromatic rings. The van der Waals surface area contributed by atoms with E-state index < -0.39 is 6.10 Å². The van der Waals surface area contributed by atoms with Gasteiger partial charge in [-0.1, -0.05) is 339 Å². The van der Waals surface area contributed by atoms with Gasteiger partial charge in [-0.25, -0.2) is 0 Å². The van der Waals surface area contributed by atoms with Gasteiger partial charge in [0.2, 0.25) is 0 Å². The lowest BCUT2D eigenvalue weighted by Gasteiger charge is -2.15. The first-order chi connectivity index (χ1) is 41.6. The van der Waals surface area contributed by atoms with Crippen LogP contribution in [0.1, 0.15) is 322 Å². The minimum atomic E-state index is -0.781.